The lowest BCUT2D eigenvalue weighted by atomic mass is 9.80. The standard InChI is InChI=1S/C25H25N3O4/c1-14-11-16(3)19(12-15(14)2)28-22(25(30)32-5)21(24(29)31-4)20(18(13-26)23(28)27)17-9-7-6-8-10-17/h6-12,20H,27H2,1-5H3. The van der Waals surface area contributed by atoms with Crippen molar-refractivity contribution in [2.24, 2.45) is 5.73 Å². The van der Waals surface area contributed by atoms with E-state index in [0.717, 1.165) is 16.7 Å². The number of nitrogens with two attached hydrogens (primary N) is 1. The van der Waals surface area contributed by atoms with E-state index in [2.05, 4.69) is 6.07 Å². The summed E-state index contributed by atoms with van der Waals surface area (Å²) in [5.41, 5.74) is 10.6. The average molecular weight is 431 g/mol. The molecule has 2 N–H and O–H groups in total. The molecule has 3 rings (SSSR count). The van der Waals surface area contributed by atoms with Gasteiger partial charge in [-0.15, -0.1) is 0 Å². The van der Waals surface area contributed by atoms with Crippen molar-refractivity contribution in [3.8, 4) is 6.07 Å². The van der Waals surface area contributed by atoms with E-state index < -0.39 is 17.9 Å². The van der Waals surface area contributed by atoms with Crippen molar-refractivity contribution >= 4 is 17.6 Å². The fourth-order valence-electron chi connectivity index (χ4n) is 3.95. The molecule has 0 saturated carbocycles. The zero-order valence-electron chi connectivity index (χ0n) is 18.7. The normalized spacial score (nSPS) is 16.0. The fourth-order valence-corrected chi connectivity index (χ4v) is 3.95. The van der Waals surface area contributed by atoms with Gasteiger partial charge in [0.05, 0.1) is 43.0 Å². The zero-order chi connectivity index (χ0) is 23.6. The van der Waals surface area contributed by atoms with Gasteiger partial charge in [0.1, 0.15) is 11.5 Å². The molecule has 164 valence electrons. The van der Waals surface area contributed by atoms with Crippen LogP contribution in [0, 0.1) is 32.1 Å². The third-order valence-corrected chi connectivity index (χ3v) is 5.66. The minimum Gasteiger partial charge on any atom is -0.466 e. The summed E-state index contributed by atoms with van der Waals surface area (Å²) >= 11 is 0. The first-order valence-corrected chi connectivity index (χ1v) is 10.00. The number of esters is 2. The Labute approximate surface area is 187 Å². The number of ether oxygens (including phenoxy) is 2. The molecular formula is C25H25N3O4. The quantitative estimate of drug-likeness (QED) is 0.739. The summed E-state index contributed by atoms with van der Waals surface area (Å²) in [6.45, 7) is 5.78. The van der Waals surface area contributed by atoms with Gasteiger partial charge in [0, 0.05) is 0 Å². The van der Waals surface area contributed by atoms with Crippen LogP contribution >= 0.6 is 0 Å². The molecule has 0 saturated heterocycles. The van der Waals surface area contributed by atoms with E-state index in [0.29, 0.717) is 11.3 Å². The molecule has 2 aromatic carbocycles. The van der Waals surface area contributed by atoms with Gasteiger partial charge in [0.2, 0.25) is 0 Å². The van der Waals surface area contributed by atoms with Crippen molar-refractivity contribution in [2.75, 3.05) is 19.1 Å². The SMILES string of the molecule is COC(=O)C1=C(C(=O)OC)N(c2cc(C)c(C)cc2C)C(N)=C(C#N)C1c1ccccc1. The number of rotatable bonds is 4. The van der Waals surface area contributed by atoms with Crippen LogP contribution in [-0.2, 0) is 19.1 Å². The van der Waals surface area contributed by atoms with Crippen LogP contribution in [0.4, 0.5) is 5.69 Å². The fraction of sp³-hybridized carbons (Fsp3) is 0.240. The molecule has 0 aliphatic carbocycles. The first-order chi connectivity index (χ1) is 15.3. The molecule has 0 amide bonds. The minimum absolute atomic E-state index is 0.00562. The van der Waals surface area contributed by atoms with Gasteiger partial charge in [-0.1, -0.05) is 36.4 Å². The number of carbonyl (C=O) groups is 2. The minimum atomic E-state index is -0.883. The molecule has 0 aromatic heterocycles. The first kappa shape index (κ1) is 22.6. The summed E-state index contributed by atoms with van der Waals surface area (Å²) in [5, 5.41) is 10.1. The monoisotopic (exact) mass is 431 g/mol. The molecule has 7 heteroatoms. The lowest BCUT2D eigenvalue weighted by Crippen LogP contribution is -2.41. The molecule has 1 aliphatic rings. The highest BCUT2D eigenvalue weighted by Crippen LogP contribution is 2.44. The summed E-state index contributed by atoms with van der Waals surface area (Å²) in [6, 6.07) is 14.9. The van der Waals surface area contributed by atoms with E-state index in [4.69, 9.17) is 15.2 Å². The molecular weight excluding hydrogens is 406 g/mol. The molecule has 1 atom stereocenters. The van der Waals surface area contributed by atoms with Crippen LogP contribution in [0.2, 0.25) is 0 Å². The maximum atomic E-state index is 13.1. The second kappa shape index (κ2) is 8.98. The highest BCUT2D eigenvalue weighted by molar-refractivity contribution is 6.06. The molecule has 0 spiro atoms. The average Bonchev–Trinajstić information content (AvgIpc) is 2.80. The van der Waals surface area contributed by atoms with Crippen LogP contribution in [0.25, 0.3) is 0 Å². The van der Waals surface area contributed by atoms with Crippen LogP contribution < -0.4 is 10.6 Å². The lowest BCUT2D eigenvalue weighted by molar-refractivity contribution is -0.139. The predicted octanol–water partition coefficient (Wildman–Crippen LogP) is 3.51. The molecule has 0 bridgehead atoms. The molecule has 2 aromatic rings. The number of benzene rings is 2. The smallest absolute Gasteiger partial charge is 0.355 e. The topological polar surface area (TPSA) is 106 Å². The van der Waals surface area contributed by atoms with Crippen molar-refractivity contribution in [1.29, 1.82) is 5.26 Å². The number of nitriles is 1. The summed E-state index contributed by atoms with van der Waals surface area (Å²) in [5.74, 6) is -2.33. The molecule has 1 aliphatic heterocycles. The third kappa shape index (κ3) is 3.71. The third-order valence-electron chi connectivity index (χ3n) is 5.66. The number of hydrogen-bond acceptors (Lipinski definition) is 7. The van der Waals surface area contributed by atoms with Crippen molar-refractivity contribution in [3.63, 3.8) is 0 Å². The first-order valence-electron chi connectivity index (χ1n) is 10.00. The maximum Gasteiger partial charge on any atom is 0.355 e. The van der Waals surface area contributed by atoms with Gasteiger partial charge in [-0.25, -0.2) is 9.59 Å². The van der Waals surface area contributed by atoms with E-state index >= 15 is 0 Å². The van der Waals surface area contributed by atoms with E-state index in [-0.39, 0.29) is 22.7 Å². The second-order valence-electron chi connectivity index (χ2n) is 7.56. The largest absolute Gasteiger partial charge is 0.466 e. The number of hydrogen-bond donors (Lipinski definition) is 1. The Bertz CT molecular complexity index is 1190. The maximum absolute atomic E-state index is 13.1. The lowest BCUT2D eigenvalue weighted by Gasteiger charge is -2.36. The Morgan fingerprint density at radius 1 is 0.969 bits per heavy atom. The molecule has 1 heterocycles. The number of methoxy groups -OCH3 is 2. The van der Waals surface area contributed by atoms with Crippen LogP contribution in [0.1, 0.15) is 28.2 Å². The van der Waals surface area contributed by atoms with E-state index in [1.165, 1.54) is 19.1 Å². The van der Waals surface area contributed by atoms with Crippen LogP contribution in [0.5, 0.6) is 0 Å². The van der Waals surface area contributed by atoms with E-state index in [1.807, 2.05) is 39.0 Å². The Morgan fingerprint density at radius 3 is 2.12 bits per heavy atom. The van der Waals surface area contributed by atoms with Gasteiger partial charge in [-0.2, -0.15) is 5.26 Å². The molecule has 0 radical (unpaired) electrons. The number of anilines is 1. The van der Waals surface area contributed by atoms with Crippen molar-refractivity contribution in [3.05, 3.63) is 87.4 Å². The van der Waals surface area contributed by atoms with Crippen LogP contribution in [-0.4, -0.2) is 26.2 Å². The van der Waals surface area contributed by atoms with E-state index in [1.54, 1.807) is 24.3 Å². The van der Waals surface area contributed by atoms with Gasteiger partial charge >= 0.3 is 11.9 Å². The van der Waals surface area contributed by atoms with Crippen molar-refractivity contribution in [2.45, 2.75) is 26.7 Å². The Hall–Kier alpha value is -4.05. The molecule has 0 fully saturated rings. The Balaban J connectivity index is 2.46. The summed E-state index contributed by atoms with van der Waals surface area (Å²) < 4.78 is 10.1. The van der Waals surface area contributed by atoms with Gasteiger partial charge in [-0.3, -0.25) is 4.90 Å². The highest BCUT2D eigenvalue weighted by atomic mass is 16.5. The number of aryl methyl sites for hydroxylation is 3. The number of nitrogens with zero attached hydrogens (tertiary/aromatic N) is 2. The predicted molar refractivity (Wildman–Crippen MR) is 120 cm³/mol. The molecule has 32 heavy (non-hydrogen) atoms. The van der Waals surface area contributed by atoms with Gasteiger partial charge < -0.3 is 15.2 Å². The van der Waals surface area contributed by atoms with E-state index in [9.17, 15) is 14.9 Å². The molecule has 7 nitrogen and oxygen atoms in total. The van der Waals surface area contributed by atoms with Gasteiger partial charge in [-0.05, 0) is 49.1 Å². The van der Waals surface area contributed by atoms with Crippen LogP contribution in [0.15, 0.2) is 65.1 Å². The van der Waals surface area contributed by atoms with Crippen LogP contribution in [0.3, 0.4) is 0 Å². The summed E-state index contributed by atoms with van der Waals surface area (Å²) in [6.07, 6.45) is 0. The number of carbonyl (C=O) groups excluding carboxylic acids is 2. The summed E-state index contributed by atoms with van der Waals surface area (Å²) in [7, 11) is 2.46. The Morgan fingerprint density at radius 2 is 1.56 bits per heavy atom. The van der Waals surface area contributed by atoms with Crippen molar-refractivity contribution < 1.29 is 19.1 Å². The van der Waals surface area contributed by atoms with Gasteiger partial charge in [0.25, 0.3) is 0 Å². The highest BCUT2D eigenvalue weighted by Gasteiger charge is 2.43. The zero-order valence-corrected chi connectivity index (χ0v) is 18.7. The summed E-state index contributed by atoms with van der Waals surface area (Å²) in [4.78, 5) is 27.5. The second-order valence-corrected chi connectivity index (χ2v) is 7.56. The number of allylic oxidation sites excluding steroid dienone is 1. The Kier molecular flexibility index (Phi) is 6.35. The van der Waals surface area contributed by atoms with Gasteiger partial charge in [0.15, 0.2) is 0 Å². The van der Waals surface area contributed by atoms with Crippen molar-refractivity contribution in [1.82, 2.24) is 0 Å². The molecule has 1 unspecified atom stereocenters.